The van der Waals surface area contributed by atoms with Crippen LogP contribution in [0.2, 0.25) is 0 Å². The topological polar surface area (TPSA) is 67.4 Å². The van der Waals surface area contributed by atoms with Gasteiger partial charge in [0.25, 0.3) is 0 Å². The maximum Gasteiger partial charge on any atom is 0.306 e. The maximum atomic E-state index is 11.2. The Bertz CT molecular complexity index is 286. The van der Waals surface area contributed by atoms with Crippen LogP contribution in [-0.2, 0) is 14.3 Å². The number of carbonyl (C=O) groups excluding carboxylic acids is 2. The summed E-state index contributed by atoms with van der Waals surface area (Å²) in [5, 5.41) is 5.93. The van der Waals surface area contributed by atoms with Crippen molar-refractivity contribution in [3.63, 3.8) is 0 Å². The third-order valence-electron chi connectivity index (χ3n) is 3.21. The van der Waals surface area contributed by atoms with E-state index in [9.17, 15) is 9.59 Å². The Hall–Kier alpha value is -1.10. The average molecular weight is 212 g/mol. The van der Waals surface area contributed by atoms with E-state index in [1.54, 1.807) is 6.92 Å². The Balaban J connectivity index is 1.90. The molecule has 2 aliphatic rings. The van der Waals surface area contributed by atoms with Crippen LogP contribution in [0.25, 0.3) is 0 Å². The molecule has 2 fully saturated rings. The number of hydrogen-bond acceptors (Lipinski definition) is 4. The fourth-order valence-corrected chi connectivity index (χ4v) is 2.12. The van der Waals surface area contributed by atoms with Crippen LogP contribution in [-0.4, -0.2) is 37.6 Å². The summed E-state index contributed by atoms with van der Waals surface area (Å²) >= 11 is 0. The summed E-state index contributed by atoms with van der Waals surface area (Å²) in [6.07, 6.45) is 0.792. The lowest BCUT2D eigenvalue weighted by atomic mass is 9.75. The second-order valence-corrected chi connectivity index (χ2v) is 4.28. The van der Waals surface area contributed by atoms with Gasteiger partial charge in [-0.05, 0) is 0 Å². The van der Waals surface area contributed by atoms with Gasteiger partial charge in [-0.25, -0.2) is 0 Å². The maximum absolute atomic E-state index is 11.2. The van der Waals surface area contributed by atoms with Gasteiger partial charge < -0.3 is 15.4 Å². The zero-order valence-corrected chi connectivity index (χ0v) is 8.84. The number of esters is 1. The Kier molecular flexibility index (Phi) is 2.65. The normalized spacial score (nSPS) is 27.3. The molecule has 0 aromatic heterocycles. The van der Waals surface area contributed by atoms with Gasteiger partial charge in [0.1, 0.15) is 6.10 Å². The van der Waals surface area contributed by atoms with Crippen molar-refractivity contribution in [3.8, 4) is 0 Å². The summed E-state index contributed by atoms with van der Waals surface area (Å²) in [7, 11) is 0. The van der Waals surface area contributed by atoms with Gasteiger partial charge in [0.05, 0.1) is 13.0 Å². The SMILES string of the molecule is CCC(=O)NCC1OC(=O)CC12CNC2. The van der Waals surface area contributed by atoms with Gasteiger partial charge in [-0.2, -0.15) is 0 Å². The number of amides is 1. The highest BCUT2D eigenvalue weighted by Gasteiger charge is 2.52. The van der Waals surface area contributed by atoms with Crippen molar-refractivity contribution in [3.05, 3.63) is 0 Å². The summed E-state index contributed by atoms with van der Waals surface area (Å²) in [6, 6.07) is 0. The van der Waals surface area contributed by atoms with Crippen LogP contribution in [0.4, 0.5) is 0 Å². The van der Waals surface area contributed by atoms with E-state index >= 15 is 0 Å². The highest BCUT2D eigenvalue weighted by atomic mass is 16.6. The highest BCUT2D eigenvalue weighted by Crippen LogP contribution is 2.38. The van der Waals surface area contributed by atoms with E-state index in [1.807, 2.05) is 0 Å². The predicted octanol–water partition coefficient (Wildman–Crippen LogP) is -0.582. The molecule has 0 aromatic rings. The summed E-state index contributed by atoms with van der Waals surface area (Å²) in [4.78, 5) is 22.3. The zero-order chi connectivity index (χ0) is 10.9. The quantitative estimate of drug-likeness (QED) is 0.614. The van der Waals surface area contributed by atoms with Gasteiger partial charge in [-0.1, -0.05) is 6.92 Å². The predicted molar refractivity (Wildman–Crippen MR) is 53.1 cm³/mol. The second-order valence-electron chi connectivity index (χ2n) is 4.28. The van der Waals surface area contributed by atoms with Crippen molar-refractivity contribution < 1.29 is 14.3 Å². The van der Waals surface area contributed by atoms with Crippen LogP contribution in [0.3, 0.4) is 0 Å². The Morgan fingerprint density at radius 3 is 2.93 bits per heavy atom. The number of ether oxygens (including phenoxy) is 1. The summed E-state index contributed by atoms with van der Waals surface area (Å²) in [5.74, 6) is -0.146. The Morgan fingerprint density at radius 2 is 2.40 bits per heavy atom. The third kappa shape index (κ3) is 1.84. The van der Waals surface area contributed by atoms with Gasteiger partial charge >= 0.3 is 5.97 Å². The van der Waals surface area contributed by atoms with E-state index in [0.29, 0.717) is 19.4 Å². The van der Waals surface area contributed by atoms with E-state index in [0.717, 1.165) is 13.1 Å². The van der Waals surface area contributed by atoms with Crippen molar-refractivity contribution in [1.29, 1.82) is 0 Å². The molecule has 5 nitrogen and oxygen atoms in total. The molecule has 0 bridgehead atoms. The lowest BCUT2D eigenvalue weighted by Gasteiger charge is -2.41. The fraction of sp³-hybridized carbons (Fsp3) is 0.800. The molecular weight excluding hydrogens is 196 g/mol. The lowest BCUT2D eigenvalue weighted by molar-refractivity contribution is -0.142. The molecule has 0 radical (unpaired) electrons. The number of rotatable bonds is 3. The molecule has 84 valence electrons. The molecule has 0 aromatic carbocycles. The van der Waals surface area contributed by atoms with E-state index < -0.39 is 0 Å². The van der Waals surface area contributed by atoms with Crippen LogP contribution in [0, 0.1) is 5.41 Å². The summed E-state index contributed by atoms with van der Waals surface area (Å²) in [6.45, 7) is 3.87. The summed E-state index contributed by atoms with van der Waals surface area (Å²) in [5.41, 5.74) is -0.0574. The second kappa shape index (κ2) is 3.81. The van der Waals surface area contributed by atoms with Crippen molar-refractivity contribution in [2.75, 3.05) is 19.6 Å². The van der Waals surface area contributed by atoms with Gasteiger partial charge in [0.15, 0.2) is 0 Å². The molecule has 1 spiro atoms. The molecular formula is C10H16N2O3. The molecule has 1 unspecified atom stereocenters. The van der Waals surface area contributed by atoms with Gasteiger partial charge in [0, 0.05) is 24.9 Å². The van der Waals surface area contributed by atoms with Crippen molar-refractivity contribution in [1.82, 2.24) is 10.6 Å². The van der Waals surface area contributed by atoms with E-state index in [2.05, 4.69) is 10.6 Å². The van der Waals surface area contributed by atoms with E-state index in [4.69, 9.17) is 4.74 Å². The first-order chi connectivity index (χ1) is 7.16. The minimum Gasteiger partial charge on any atom is -0.460 e. The molecule has 2 N–H and O–H groups in total. The molecule has 0 saturated carbocycles. The molecule has 2 heterocycles. The molecule has 1 atom stereocenters. The molecule has 5 heteroatoms. The van der Waals surface area contributed by atoms with Crippen LogP contribution >= 0.6 is 0 Å². The first-order valence-corrected chi connectivity index (χ1v) is 5.33. The lowest BCUT2D eigenvalue weighted by Crippen LogP contribution is -2.59. The van der Waals surface area contributed by atoms with Crippen LogP contribution in [0.1, 0.15) is 19.8 Å². The minimum absolute atomic E-state index is 0.000353. The first-order valence-electron chi connectivity index (χ1n) is 5.33. The molecule has 15 heavy (non-hydrogen) atoms. The van der Waals surface area contributed by atoms with Crippen molar-refractivity contribution in [2.24, 2.45) is 5.41 Å². The van der Waals surface area contributed by atoms with E-state index in [1.165, 1.54) is 0 Å². The number of hydrogen-bond donors (Lipinski definition) is 2. The minimum atomic E-state index is -0.151. The molecule has 0 aliphatic carbocycles. The number of cyclic esters (lactones) is 1. The van der Waals surface area contributed by atoms with Crippen molar-refractivity contribution >= 4 is 11.9 Å². The Morgan fingerprint density at radius 1 is 1.67 bits per heavy atom. The molecule has 2 saturated heterocycles. The smallest absolute Gasteiger partial charge is 0.306 e. The van der Waals surface area contributed by atoms with Gasteiger partial charge in [-0.3, -0.25) is 9.59 Å². The van der Waals surface area contributed by atoms with Crippen LogP contribution in [0.5, 0.6) is 0 Å². The fourth-order valence-electron chi connectivity index (χ4n) is 2.12. The largest absolute Gasteiger partial charge is 0.460 e. The monoisotopic (exact) mass is 212 g/mol. The van der Waals surface area contributed by atoms with Gasteiger partial charge in [0.2, 0.25) is 5.91 Å². The Labute approximate surface area is 88.5 Å². The van der Waals surface area contributed by atoms with Crippen molar-refractivity contribution in [2.45, 2.75) is 25.9 Å². The number of nitrogens with one attached hydrogen (secondary N) is 2. The highest BCUT2D eigenvalue weighted by molar-refractivity contribution is 5.76. The standard InChI is InChI=1S/C10H16N2O3/c1-2-8(13)12-4-7-10(5-11-6-10)3-9(14)15-7/h7,11H,2-6H2,1H3,(H,12,13). The number of carbonyl (C=O) groups is 2. The molecule has 1 amide bonds. The van der Waals surface area contributed by atoms with E-state index in [-0.39, 0.29) is 23.4 Å². The molecule has 2 aliphatic heterocycles. The van der Waals surface area contributed by atoms with Crippen LogP contribution < -0.4 is 10.6 Å². The molecule has 2 rings (SSSR count). The van der Waals surface area contributed by atoms with Gasteiger partial charge in [-0.15, -0.1) is 0 Å². The first kappa shape index (κ1) is 10.4. The summed E-state index contributed by atoms with van der Waals surface area (Å²) < 4.78 is 5.22. The average Bonchev–Trinajstić information content (AvgIpc) is 2.51. The van der Waals surface area contributed by atoms with Crippen LogP contribution in [0.15, 0.2) is 0 Å². The zero-order valence-electron chi connectivity index (χ0n) is 8.84. The third-order valence-corrected chi connectivity index (χ3v) is 3.21.